The van der Waals surface area contributed by atoms with E-state index in [1.54, 1.807) is 25.6 Å². The molecule has 3 rings (SSSR count). The van der Waals surface area contributed by atoms with Gasteiger partial charge < -0.3 is 13.8 Å². The van der Waals surface area contributed by atoms with Crippen LogP contribution in [0.1, 0.15) is 46.5 Å². The summed E-state index contributed by atoms with van der Waals surface area (Å²) in [6.45, 7) is 7.34. The van der Waals surface area contributed by atoms with Crippen molar-refractivity contribution >= 4 is 5.97 Å². The molecule has 0 bridgehead atoms. The molecule has 0 radical (unpaired) electrons. The molecule has 1 atom stereocenters. The monoisotopic (exact) mass is 329 g/mol. The Kier molecular flexibility index (Phi) is 3.96. The van der Waals surface area contributed by atoms with Crippen LogP contribution >= 0.6 is 0 Å². The number of carbonyl (C=O) groups excluding carboxylic acids is 1. The number of aryl methyl sites for hydroxylation is 4. The van der Waals surface area contributed by atoms with Crippen LogP contribution in [0.2, 0.25) is 0 Å². The fourth-order valence-electron chi connectivity index (χ4n) is 2.60. The molecule has 0 amide bonds. The van der Waals surface area contributed by atoms with E-state index in [2.05, 4.69) is 15.2 Å². The van der Waals surface area contributed by atoms with E-state index in [0.717, 1.165) is 11.4 Å². The molecule has 8 heteroatoms. The van der Waals surface area contributed by atoms with E-state index in [1.165, 1.54) is 6.20 Å². The summed E-state index contributed by atoms with van der Waals surface area (Å²) in [5.41, 5.74) is 2.39. The summed E-state index contributed by atoms with van der Waals surface area (Å²) in [6, 6.07) is 3.97. The smallest absolute Gasteiger partial charge is 0.344 e. The number of nitrogens with zero attached hydrogens (tertiary/aromatic N) is 5. The highest BCUT2D eigenvalue weighted by molar-refractivity contribution is 5.92. The molecule has 3 heterocycles. The van der Waals surface area contributed by atoms with Gasteiger partial charge in [-0.2, -0.15) is 10.1 Å². The number of hydrogen-bond acceptors (Lipinski definition) is 6. The average Bonchev–Trinajstić information content (AvgIpc) is 3.20. The van der Waals surface area contributed by atoms with Gasteiger partial charge in [-0.25, -0.2) is 4.79 Å². The largest absolute Gasteiger partial charge is 0.449 e. The number of carbonyl (C=O) groups is 1. The third-order valence-electron chi connectivity index (χ3n) is 3.79. The van der Waals surface area contributed by atoms with E-state index in [1.807, 2.05) is 30.5 Å². The van der Waals surface area contributed by atoms with Gasteiger partial charge in [0, 0.05) is 18.4 Å². The summed E-state index contributed by atoms with van der Waals surface area (Å²) in [5, 5.41) is 7.91. The average molecular weight is 329 g/mol. The topological polar surface area (TPSA) is 88.0 Å². The first-order valence-corrected chi connectivity index (χ1v) is 7.57. The number of esters is 1. The van der Waals surface area contributed by atoms with Crippen molar-refractivity contribution < 1.29 is 14.1 Å². The van der Waals surface area contributed by atoms with Crippen LogP contribution < -0.4 is 0 Å². The molecule has 0 unspecified atom stereocenters. The van der Waals surface area contributed by atoms with Crippen LogP contribution in [0.15, 0.2) is 22.9 Å². The molecule has 0 aliphatic heterocycles. The molecule has 0 N–H and O–H groups in total. The Labute approximate surface area is 139 Å². The molecule has 0 spiro atoms. The van der Waals surface area contributed by atoms with Crippen molar-refractivity contribution in [2.24, 2.45) is 7.05 Å². The fraction of sp³-hybridized carbons (Fsp3) is 0.375. The van der Waals surface area contributed by atoms with Gasteiger partial charge in [0.15, 0.2) is 11.9 Å². The first-order valence-electron chi connectivity index (χ1n) is 7.57. The summed E-state index contributed by atoms with van der Waals surface area (Å²) in [4.78, 5) is 16.7. The molecule has 0 aliphatic carbocycles. The van der Waals surface area contributed by atoms with Crippen LogP contribution in [0.25, 0.3) is 5.82 Å². The highest BCUT2D eigenvalue weighted by Crippen LogP contribution is 2.23. The maximum atomic E-state index is 12.6. The van der Waals surface area contributed by atoms with Gasteiger partial charge in [0.1, 0.15) is 11.4 Å². The zero-order valence-corrected chi connectivity index (χ0v) is 14.3. The van der Waals surface area contributed by atoms with Crippen LogP contribution in [-0.2, 0) is 11.8 Å². The second-order valence-corrected chi connectivity index (χ2v) is 5.68. The lowest BCUT2D eigenvalue weighted by molar-refractivity contribution is 0.0265. The molecule has 0 saturated carbocycles. The van der Waals surface area contributed by atoms with E-state index in [0.29, 0.717) is 17.2 Å². The van der Waals surface area contributed by atoms with Gasteiger partial charge in [-0.3, -0.25) is 4.68 Å². The Hall–Kier alpha value is -2.90. The van der Waals surface area contributed by atoms with Crippen LogP contribution in [0.5, 0.6) is 0 Å². The molecule has 0 aliphatic rings. The van der Waals surface area contributed by atoms with Crippen LogP contribution in [-0.4, -0.2) is 30.5 Å². The molecular formula is C16H19N5O3. The number of ether oxygens (including phenoxy) is 1. The molecule has 0 saturated heterocycles. The minimum absolute atomic E-state index is 0.264. The van der Waals surface area contributed by atoms with Crippen molar-refractivity contribution in [3.63, 3.8) is 0 Å². The quantitative estimate of drug-likeness (QED) is 0.683. The second kappa shape index (κ2) is 5.95. The summed E-state index contributed by atoms with van der Waals surface area (Å²) < 4.78 is 14.1. The lowest BCUT2D eigenvalue weighted by Crippen LogP contribution is -2.14. The zero-order valence-electron chi connectivity index (χ0n) is 14.3. The van der Waals surface area contributed by atoms with Crippen molar-refractivity contribution in [1.82, 2.24) is 24.5 Å². The minimum Gasteiger partial charge on any atom is -0.449 e. The Bertz CT molecular complexity index is 870. The van der Waals surface area contributed by atoms with Crippen LogP contribution in [0, 0.1) is 20.8 Å². The van der Waals surface area contributed by atoms with Crippen LogP contribution in [0.4, 0.5) is 0 Å². The van der Waals surface area contributed by atoms with Crippen molar-refractivity contribution in [1.29, 1.82) is 0 Å². The zero-order chi connectivity index (χ0) is 17.4. The van der Waals surface area contributed by atoms with E-state index >= 15 is 0 Å². The number of hydrogen-bond donors (Lipinski definition) is 0. The Morgan fingerprint density at radius 3 is 2.50 bits per heavy atom. The first kappa shape index (κ1) is 16.0. The summed E-state index contributed by atoms with van der Waals surface area (Å²) in [7, 11) is 1.79. The van der Waals surface area contributed by atoms with E-state index in [9.17, 15) is 4.79 Å². The predicted molar refractivity (Wildman–Crippen MR) is 84.9 cm³/mol. The van der Waals surface area contributed by atoms with Gasteiger partial charge >= 0.3 is 5.97 Å². The normalized spacial score (nSPS) is 12.4. The predicted octanol–water partition coefficient (Wildman–Crippen LogP) is 2.44. The van der Waals surface area contributed by atoms with E-state index in [-0.39, 0.29) is 5.89 Å². The van der Waals surface area contributed by atoms with Crippen molar-refractivity contribution in [3.05, 3.63) is 47.0 Å². The standard InChI is InChI=1S/C16H19N5O3/c1-9-6-7-10(2)21(9)15-13(8-17-20(15)5)16(22)23-11(3)14-18-12(4)19-24-14/h6-8,11H,1-5H3/t11-/m1/s1. The van der Waals surface area contributed by atoms with Gasteiger partial charge in [-0.05, 0) is 39.8 Å². The van der Waals surface area contributed by atoms with Gasteiger partial charge in [-0.1, -0.05) is 5.16 Å². The Morgan fingerprint density at radius 2 is 1.92 bits per heavy atom. The molecule has 126 valence electrons. The lowest BCUT2D eigenvalue weighted by Gasteiger charge is -2.13. The Morgan fingerprint density at radius 1 is 1.25 bits per heavy atom. The van der Waals surface area contributed by atoms with Gasteiger partial charge in [0.25, 0.3) is 5.89 Å². The second-order valence-electron chi connectivity index (χ2n) is 5.68. The highest BCUT2D eigenvalue weighted by atomic mass is 16.6. The molecule has 8 nitrogen and oxygen atoms in total. The highest BCUT2D eigenvalue weighted by Gasteiger charge is 2.24. The van der Waals surface area contributed by atoms with Gasteiger partial charge in [0.2, 0.25) is 0 Å². The molecule has 3 aromatic rings. The first-order chi connectivity index (χ1) is 11.4. The molecule has 3 aromatic heterocycles. The number of aromatic nitrogens is 5. The molecule has 0 aromatic carbocycles. The fourth-order valence-corrected chi connectivity index (χ4v) is 2.60. The molecule has 24 heavy (non-hydrogen) atoms. The van der Waals surface area contributed by atoms with Gasteiger partial charge in [-0.15, -0.1) is 0 Å². The maximum absolute atomic E-state index is 12.6. The van der Waals surface area contributed by atoms with E-state index in [4.69, 9.17) is 9.26 Å². The number of rotatable bonds is 4. The molecule has 0 fully saturated rings. The maximum Gasteiger partial charge on any atom is 0.344 e. The van der Waals surface area contributed by atoms with Crippen molar-refractivity contribution in [2.75, 3.05) is 0 Å². The SMILES string of the molecule is Cc1noc([C@@H](C)OC(=O)c2cnn(C)c2-n2c(C)ccc2C)n1. The third-order valence-corrected chi connectivity index (χ3v) is 3.79. The molecular weight excluding hydrogens is 310 g/mol. The van der Waals surface area contributed by atoms with Crippen LogP contribution in [0.3, 0.4) is 0 Å². The summed E-state index contributed by atoms with van der Waals surface area (Å²) >= 11 is 0. The summed E-state index contributed by atoms with van der Waals surface area (Å²) in [5.74, 6) is 0.927. The Balaban J connectivity index is 1.92. The third kappa shape index (κ3) is 2.70. The van der Waals surface area contributed by atoms with E-state index < -0.39 is 12.1 Å². The van der Waals surface area contributed by atoms with Crippen molar-refractivity contribution in [3.8, 4) is 5.82 Å². The summed E-state index contributed by atoms with van der Waals surface area (Å²) in [6.07, 6.45) is 0.862. The van der Waals surface area contributed by atoms with Crippen molar-refractivity contribution in [2.45, 2.75) is 33.8 Å². The minimum atomic E-state index is -0.640. The lowest BCUT2D eigenvalue weighted by atomic mass is 10.3. The van der Waals surface area contributed by atoms with Gasteiger partial charge in [0.05, 0.1) is 6.20 Å².